The van der Waals surface area contributed by atoms with Gasteiger partial charge < -0.3 is 24.7 Å². The molecule has 2 rings (SSSR count). The summed E-state index contributed by atoms with van der Waals surface area (Å²) in [7, 11) is 1.75. The largest absolute Gasteiger partial charge is 0.466 e. The second-order valence-corrected chi connectivity index (χ2v) is 6.53. The molecule has 9 heteroatoms. The Morgan fingerprint density at radius 3 is 2.54 bits per heavy atom. The van der Waals surface area contributed by atoms with Crippen LogP contribution in [0.3, 0.4) is 0 Å². The number of halogens is 1. The van der Waals surface area contributed by atoms with E-state index in [0.29, 0.717) is 25.5 Å². The van der Waals surface area contributed by atoms with Crippen molar-refractivity contribution < 1.29 is 18.7 Å². The fourth-order valence-electron chi connectivity index (χ4n) is 3.10. The number of hydrogen-bond donors (Lipinski definition) is 2. The van der Waals surface area contributed by atoms with Crippen LogP contribution in [0, 0.1) is 12.8 Å². The van der Waals surface area contributed by atoms with Gasteiger partial charge in [0.15, 0.2) is 11.7 Å². The van der Waals surface area contributed by atoms with E-state index in [1.54, 1.807) is 13.1 Å². The monoisotopic (exact) mass is 506 g/mol. The smallest absolute Gasteiger partial charge is 0.309 e. The summed E-state index contributed by atoms with van der Waals surface area (Å²) in [6.45, 7) is 6.90. The topological polar surface area (TPSA) is 96.2 Å². The Labute approximate surface area is 183 Å². The van der Waals surface area contributed by atoms with Gasteiger partial charge in [-0.2, -0.15) is 0 Å². The fourth-order valence-corrected chi connectivity index (χ4v) is 3.10. The van der Waals surface area contributed by atoms with Crippen molar-refractivity contribution in [1.29, 1.82) is 0 Å². The quantitative estimate of drug-likeness (QED) is 0.194. The maximum Gasteiger partial charge on any atom is 0.309 e. The molecule has 0 bridgehead atoms. The zero-order valence-corrected chi connectivity index (χ0v) is 19.2. The predicted molar refractivity (Wildman–Crippen MR) is 118 cm³/mol. The zero-order valence-electron chi connectivity index (χ0n) is 16.8. The van der Waals surface area contributed by atoms with Crippen LogP contribution < -0.4 is 10.6 Å². The number of nitrogens with zero attached hydrogens (tertiary/aromatic N) is 2. The van der Waals surface area contributed by atoms with Crippen LogP contribution in [0.15, 0.2) is 21.7 Å². The molecule has 1 aromatic rings. The first-order valence-corrected chi connectivity index (χ1v) is 9.51. The van der Waals surface area contributed by atoms with Gasteiger partial charge in [0.1, 0.15) is 0 Å². The number of rotatable bonds is 7. The lowest BCUT2D eigenvalue weighted by Crippen LogP contribution is -2.47. The van der Waals surface area contributed by atoms with Crippen LogP contribution in [0.1, 0.15) is 42.3 Å². The lowest BCUT2D eigenvalue weighted by molar-refractivity contribution is -0.149. The molecular formula is C19H31IN4O4. The summed E-state index contributed by atoms with van der Waals surface area (Å²) in [4.78, 5) is 30.3. The van der Waals surface area contributed by atoms with Gasteiger partial charge in [-0.25, -0.2) is 0 Å². The Kier molecular flexibility index (Phi) is 10.9. The number of piperidine rings is 1. The number of aryl methyl sites for hydroxylation is 1. The Morgan fingerprint density at radius 2 is 1.96 bits per heavy atom. The number of hydrogen-bond acceptors (Lipinski definition) is 5. The second kappa shape index (κ2) is 12.6. The molecule has 0 aliphatic carbocycles. The molecule has 0 radical (unpaired) electrons. The lowest BCUT2D eigenvalue weighted by atomic mass is 9.97. The average molecular weight is 506 g/mol. The number of likely N-dealkylation sites (tertiary alicyclic amines) is 1. The van der Waals surface area contributed by atoms with Crippen molar-refractivity contribution in [2.45, 2.75) is 33.1 Å². The molecule has 1 saturated heterocycles. The number of furan rings is 1. The normalized spacial score (nSPS) is 15.0. The van der Waals surface area contributed by atoms with Crippen molar-refractivity contribution in [3.63, 3.8) is 0 Å². The highest BCUT2D eigenvalue weighted by Crippen LogP contribution is 2.18. The first kappa shape index (κ1) is 24.3. The molecule has 0 saturated carbocycles. The summed E-state index contributed by atoms with van der Waals surface area (Å²) in [5.41, 5.74) is 0.831. The summed E-state index contributed by atoms with van der Waals surface area (Å²) >= 11 is 0. The first-order chi connectivity index (χ1) is 13.1. The third kappa shape index (κ3) is 6.99. The molecule has 1 aliphatic rings. The minimum absolute atomic E-state index is 0. The molecule has 2 N–H and O–H groups in total. The number of aliphatic imine (C=N–C) groups is 1. The van der Waals surface area contributed by atoms with E-state index >= 15 is 0 Å². The van der Waals surface area contributed by atoms with Crippen LogP contribution in [0.25, 0.3) is 0 Å². The summed E-state index contributed by atoms with van der Waals surface area (Å²) < 4.78 is 10.3. The number of guanidine groups is 1. The summed E-state index contributed by atoms with van der Waals surface area (Å²) in [6, 6.07) is 1.77. The van der Waals surface area contributed by atoms with Gasteiger partial charge in [0.05, 0.1) is 18.8 Å². The second-order valence-electron chi connectivity index (χ2n) is 6.53. The van der Waals surface area contributed by atoms with Gasteiger partial charge in [-0.05, 0) is 39.2 Å². The SMILES string of the molecule is CCOC(=O)C1CCN(C(=NC)NCCCNC(=O)c2occc2C)CC1.I. The van der Waals surface area contributed by atoms with E-state index in [-0.39, 0.29) is 41.8 Å². The number of ether oxygens (including phenoxy) is 1. The Morgan fingerprint density at radius 1 is 1.29 bits per heavy atom. The number of amides is 1. The van der Waals surface area contributed by atoms with Gasteiger partial charge in [0, 0.05) is 38.8 Å². The molecule has 0 spiro atoms. The predicted octanol–water partition coefficient (Wildman–Crippen LogP) is 2.18. The Bertz CT molecular complexity index is 654. The standard InChI is InChI=1S/C19H30N4O4.HI/c1-4-26-18(25)15-6-11-23(12-7-15)19(20-3)22-10-5-9-21-17(24)16-14(2)8-13-27-16;/h8,13,15H,4-7,9-12H2,1-3H3,(H,20,22)(H,21,24);1H. The van der Waals surface area contributed by atoms with Gasteiger partial charge in [0.2, 0.25) is 0 Å². The summed E-state index contributed by atoms with van der Waals surface area (Å²) in [6.07, 6.45) is 3.83. The van der Waals surface area contributed by atoms with E-state index < -0.39 is 0 Å². The van der Waals surface area contributed by atoms with Crippen molar-refractivity contribution in [3.05, 3.63) is 23.7 Å². The molecule has 1 fully saturated rings. The van der Waals surface area contributed by atoms with Gasteiger partial charge in [-0.3, -0.25) is 14.6 Å². The van der Waals surface area contributed by atoms with Gasteiger partial charge in [0.25, 0.3) is 5.91 Å². The molecule has 0 aromatic carbocycles. The zero-order chi connectivity index (χ0) is 19.6. The van der Waals surface area contributed by atoms with Crippen LogP contribution in [0.4, 0.5) is 0 Å². The van der Waals surface area contributed by atoms with Crippen LogP contribution in [0.2, 0.25) is 0 Å². The fraction of sp³-hybridized carbons (Fsp3) is 0.632. The van der Waals surface area contributed by atoms with E-state index in [4.69, 9.17) is 9.15 Å². The molecule has 28 heavy (non-hydrogen) atoms. The third-order valence-electron chi connectivity index (χ3n) is 4.62. The van der Waals surface area contributed by atoms with Crippen molar-refractivity contribution in [2.24, 2.45) is 10.9 Å². The van der Waals surface area contributed by atoms with E-state index in [1.165, 1.54) is 6.26 Å². The number of nitrogens with one attached hydrogen (secondary N) is 2. The molecule has 1 amide bonds. The van der Waals surface area contributed by atoms with E-state index in [0.717, 1.165) is 43.9 Å². The third-order valence-corrected chi connectivity index (χ3v) is 4.62. The highest BCUT2D eigenvalue weighted by molar-refractivity contribution is 14.0. The van der Waals surface area contributed by atoms with E-state index in [1.807, 2.05) is 13.8 Å². The first-order valence-electron chi connectivity index (χ1n) is 9.51. The van der Waals surface area contributed by atoms with Crippen molar-refractivity contribution in [2.75, 3.05) is 39.8 Å². The molecule has 2 heterocycles. The molecular weight excluding hydrogens is 475 g/mol. The lowest BCUT2D eigenvalue weighted by Gasteiger charge is -2.33. The molecule has 1 aromatic heterocycles. The maximum absolute atomic E-state index is 12.0. The molecule has 0 unspecified atom stereocenters. The van der Waals surface area contributed by atoms with Crippen molar-refractivity contribution in [3.8, 4) is 0 Å². The Balaban J connectivity index is 0.00000392. The van der Waals surface area contributed by atoms with Gasteiger partial charge >= 0.3 is 5.97 Å². The van der Waals surface area contributed by atoms with Crippen LogP contribution in [-0.4, -0.2) is 62.6 Å². The number of carbonyl (C=O) groups excluding carboxylic acids is 2. The summed E-state index contributed by atoms with van der Waals surface area (Å²) in [5.74, 6) is 0.888. The molecule has 158 valence electrons. The minimum Gasteiger partial charge on any atom is -0.466 e. The highest BCUT2D eigenvalue weighted by atomic mass is 127. The van der Waals surface area contributed by atoms with Gasteiger partial charge in [-0.15, -0.1) is 24.0 Å². The maximum atomic E-state index is 12.0. The molecule has 0 atom stereocenters. The van der Waals surface area contributed by atoms with Crippen LogP contribution in [0.5, 0.6) is 0 Å². The van der Waals surface area contributed by atoms with E-state index in [2.05, 4.69) is 20.5 Å². The molecule has 1 aliphatic heterocycles. The minimum atomic E-state index is -0.192. The van der Waals surface area contributed by atoms with E-state index in [9.17, 15) is 9.59 Å². The number of esters is 1. The summed E-state index contributed by atoms with van der Waals surface area (Å²) in [5, 5.41) is 6.16. The van der Waals surface area contributed by atoms with Crippen molar-refractivity contribution >= 4 is 41.8 Å². The van der Waals surface area contributed by atoms with Gasteiger partial charge in [-0.1, -0.05) is 0 Å². The average Bonchev–Trinajstić information content (AvgIpc) is 3.11. The number of carbonyl (C=O) groups is 2. The Hall–Kier alpha value is -1.78. The highest BCUT2D eigenvalue weighted by Gasteiger charge is 2.27. The van der Waals surface area contributed by atoms with Crippen molar-refractivity contribution in [1.82, 2.24) is 15.5 Å². The van der Waals surface area contributed by atoms with Crippen LogP contribution in [-0.2, 0) is 9.53 Å². The van der Waals surface area contributed by atoms with Crippen LogP contribution >= 0.6 is 24.0 Å². The molecule has 8 nitrogen and oxygen atoms in total.